The van der Waals surface area contributed by atoms with Gasteiger partial charge in [0.15, 0.2) is 0 Å². The van der Waals surface area contributed by atoms with Crippen LogP contribution in [0.15, 0.2) is 5.11 Å². The Kier molecular flexibility index (Phi) is 43.6. The van der Waals surface area contributed by atoms with E-state index in [-0.39, 0.29) is 195 Å². The van der Waals surface area contributed by atoms with Crippen molar-refractivity contribution >= 4 is 142 Å². The van der Waals surface area contributed by atoms with Crippen LogP contribution in [0.4, 0.5) is 0 Å². The average Bonchev–Trinajstić information content (AvgIpc) is 1.74. The van der Waals surface area contributed by atoms with Crippen LogP contribution >= 0.6 is 47.0 Å². The number of imide groups is 4. The topological polar surface area (TPSA) is 494 Å². The van der Waals surface area contributed by atoms with Gasteiger partial charge in [0.25, 0.3) is 0 Å². The van der Waals surface area contributed by atoms with E-state index in [9.17, 15) is 76.7 Å². The molecule has 6 atom stereocenters. The second-order valence-electron chi connectivity index (χ2n) is 23.1. The smallest absolute Gasteiger partial charge is 0.242 e. The number of thioether (sulfide) groups is 4. The van der Waals surface area contributed by atoms with Gasteiger partial charge in [-0.25, -0.2) is 0 Å². The maximum atomic E-state index is 14.0. The highest BCUT2D eigenvalue weighted by molar-refractivity contribution is 8.01. The lowest BCUT2D eigenvalue weighted by atomic mass is 10.1. The minimum Gasteiger partial charge on any atom is -0.379 e. The molecule has 4 fully saturated rings. The van der Waals surface area contributed by atoms with Crippen LogP contribution in [-0.2, 0) is 95.7 Å². The standard InChI is InChI=1S/C61H95N15O20S4/c62-75-68-21-25-94-27-29-96-31-30-95-28-26-93-24-11-46(77)63-16-5-1-2-10-55(86)76(22-19-66-56(87)40(69-49(80)14-34-99-44-38-53(84)73-60(44)91)8-3-6-17-64-47(78)12-32-97-42-36-51(82)71-58(42)89)23-20-67-57(88)41(70-50(81)15-35-100-45-39-54(85)74-61(45)92)9-4-7-18-65-48(79)13-33-98-43-37-52(83)72-59(43)90/h40-45H,1-39H2,(H,63,77)(H,64,78)(H,65,79)(H,66,87)(H,67,88)(H,69,80)(H,70,81)(H,71,82,89)(H,72,83,90)(H,73,84,91)(H,74,85,92)/t40-,41-,42?,43?,44?,45?/m0/s1. The summed E-state index contributed by atoms with van der Waals surface area (Å²) in [6, 6.07) is -2.15. The quantitative estimate of drug-likeness (QED) is 0.0105. The molecule has 0 spiro atoms. The molecule has 0 aromatic heterocycles. The van der Waals surface area contributed by atoms with Crippen LogP contribution < -0.4 is 58.5 Å². The summed E-state index contributed by atoms with van der Waals surface area (Å²) in [6.07, 6.45) is 3.55. The first-order chi connectivity index (χ1) is 48.2. The number of unbranched alkanes of at least 4 members (excludes halogenated alkanes) is 4. The van der Waals surface area contributed by atoms with Gasteiger partial charge in [-0.05, 0) is 56.9 Å². The summed E-state index contributed by atoms with van der Waals surface area (Å²) < 4.78 is 21.6. The van der Waals surface area contributed by atoms with E-state index in [0.29, 0.717) is 103 Å². The Bertz CT molecular complexity index is 2680. The Balaban J connectivity index is 1.32. The van der Waals surface area contributed by atoms with Crippen molar-refractivity contribution in [3.05, 3.63) is 10.4 Å². The van der Waals surface area contributed by atoms with Gasteiger partial charge in [-0.15, -0.1) is 47.0 Å². The maximum Gasteiger partial charge on any atom is 0.242 e. The number of ether oxygens (including phenoxy) is 4. The van der Waals surface area contributed by atoms with E-state index in [1.807, 2.05) is 0 Å². The van der Waals surface area contributed by atoms with Crippen LogP contribution in [0.3, 0.4) is 0 Å². The fraction of sp³-hybridized carbons (Fsp3) is 0.738. The Labute approximate surface area is 596 Å². The largest absolute Gasteiger partial charge is 0.379 e. The van der Waals surface area contributed by atoms with Crippen molar-refractivity contribution in [1.82, 2.24) is 63.4 Å². The summed E-state index contributed by atoms with van der Waals surface area (Å²) in [5.74, 6) is -5.56. The van der Waals surface area contributed by atoms with Crippen LogP contribution in [0, 0.1) is 0 Å². The van der Waals surface area contributed by atoms with Crippen molar-refractivity contribution in [2.45, 2.75) is 155 Å². The highest BCUT2D eigenvalue weighted by atomic mass is 32.2. The number of amides is 16. The predicted molar refractivity (Wildman–Crippen MR) is 368 cm³/mol. The monoisotopic (exact) mass is 1490 g/mol. The van der Waals surface area contributed by atoms with E-state index in [1.54, 1.807) is 0 Å². The zero-order chi connectivity index (χ0) is 72.7. The molecule has 35 nitrogen and oxygen atoms in total. The van der Waals surface area contributed by atoms with E-state index in [1.165, 1.54) is 28.4 Å². The number of hydrogen-bond donors (Lipinski definition) is 11. The van der Waals surface area contributed by atoms with Gasteiger partial charge in [-0.3, -0.25) is 98.0 Å². The van der Waals surface area contributed by atoms with Gasteiger partial charge < -0.3 is 61.1 Å². The first-order valence-electron chi connectivity index (χ1n) is 33.6. The molecule has 16 amide bonds. The molecule has 0 saturated carbocycles. The van der Waals surface area contributed by atoms with Crippen LogP contribution in [0.5, 0.6) is 0 Å². The van der Waals surface area contributed by atoms with Gasteiger partial charge in [0.05, 0.1) is 73.9 Å². The van der Waals surface area contributed by atoms with Gasteiger partial charge in [-0.1, -0.05) is 11.5 Å². The number of carbonyl (C=O) groups excluding carboxylic acids is 16. The summed E-state index contributed by atoms with van der Waals surface area (Å²) in [4.78, 5) is 205. The molecule has 100 heavy (non-hydrogen) atoms. The van der Waals surface area contributed by atoms with Crippen molar-refractivity contribution in [3.63, 3.8) is 0 Å². The predicted octanol–water partition coefficient (Wildman–Crippen LogP) is -1.81. The van der Waals surface area contributed by atoms with Crippen molar-refractivity contribution in [2.24, 2.45) is 5.11 Å². The van der Waals surface area contributed by atoms with Crippen LogP contribution in [0.25, 0.3) is 10.4 Å². The number of nitrogens with zero attached hydrogens (tertiary/aromatic N) is 4. The summed E-state index contributed by atoms with van der Waals surface area (Å²) in [5.41, 5.74) is 8.27. The summed E-state index contributed by atoms with van der Waals surface area (Å²) in [6.45, 7) is 3.22. The molecule has 0 aromatic carbocycles. The second kappa shape index (κ2) is 51.1. The summed E-state index contributed by atoms with van der Waals surface area (Å²) in [7, 11) is 0. The lowest BCUT2D eigenvalue weighted by Gasteiger charge is -2.25. The number of azide groups is 1. The van der Waals surface area contributed by atoms with Crippen molar-refractivity contribution in [3.8, 4) is 0 Å². The van der Waals surface area contributed by atoms with Crippen LogP contribution in [-0.4, -0.2) is 261 Å². The van der Waals surface area contributed by atoms with Crippen LogP contribution in [0.2, 0.25) is 0 Å². The van der Waals surface area contributed by atoms with Crippen molar-refractivity contribution in [2.75, 3.05) is 128 Å². The summed E-state index contributed by atoms with van der Waals surface area (Å²) >= 11 is 4.68. The molecule has 4 aliphatic heterocycles. The zero-order valence-electron chi connectivity index (χ0n) is 56.1. The molecule has 4 heterocycles. The molecule has 4 aliphatic rings. The fourth-order valence-corrected chi connectivity index (χ4v) is 14.1. The zero-order valence-corrected chi connectivity index (χ0v) is 59.4. The highest BCUT2D eigenvalue weighted by Gasteiger charge is 2.34. The molecule has 0 radical (unpaired) electrons. The molecule has 0 aliphatic carbocycles. The Hall–Kier alpha value is -7.13. The van der Waals surface area contributed by atoms with Crippen LogP contribution in [0.1, 0.15) is 122 Å². The van der Waals surface area contributed by atoms with Gasteiger partial charge in [0.2, 0.25) is 94.5 Å². The molecule has 4 unspecified atom stereocenters. The second-order valence-corrected chi connectivity index (χ2v) is 28.4. The average molecular weight is 1490 g/mol. The Morgan fingerprint density at radius 1 is 0.420 bits per heavy atom. The molecule has 4 rings (SSSR count). The lowest BCUT2D eigenvalue weighted by Crippen LogP contribution is -2.50. The third kappa shape index (κ3) is 38.1. The first kappa shape index (κ1) is 85.3. The first-order valence-corrected chi connectivity index (χ1v) is 37.8. The van der Waals surface area contributed by atoms with E-state index in [0.717, 1.165) is 23.5 Å². The van der Waals surface area contributed by atoms with Crippen molar-refractivity contribution in [1.29, 1.82) is 0 Å². The fourth-order valence-electron chi connectivity index (χ4n) is 9.85. The maximum absolute atomic E-state index is 14.0. The molecular weight excluding hydrogens is 1390 g/mol. The van der Waals surface area contributed by atoms with Gasteiger partial charge >= 0.3 is 0 Å². The molecule has 0 aromatic rings. The SMILES string of the molecule is [N-]=[N+]=NCCOCCOCCOCCOCCC(=O)NCCCCCC(=O)N(CCNC(=O)[C@H](CCCCNC(=O)CCSC1CC(=O)NC1=O)NC(=O)CCSC1CC(=O)NC1=O)CCNC(=O)[C@H](CCCCNC(=O)CCSC1CC(=O)NC1=O)NC(=O)CCSC1CC(=O)NC1=O. The third-order valence-corrected chi connectivity index (χ3v) is 20.1. The van der Waals surface area contributed by atoms with Crippen molar-refractivity contribution < 1.29 is 95.7 Å². The third-order valence-electron chi connectivity index (χ3n) is 15.2. The van der Waals surface area contributed by atoms with E-state index < -0.39 is 80.3 Å². The number of nitrogens with one attached hydrogen (secondary N) is 11. The number of hydrogen-bond acceptors (Lipinski definition) is 25. The molecule has 0 bridgehead atoms. The lowest BCUT2D eigenvalue weighted by molar-refractivity contribution is -0.133. The van der Waals surface area contributed by atoms with Gasteiger partial charge in [0, 0.05) is 144 Å². The highest BCUT2D eigenvalue weighted by Crippen LogP contribution is 2.23. The summed E-state index contributed by atoms with van der Waals surface area (Å²) in [5, 5.41) is 29.4. The molecule has 39 heteroatoms. The van der Waals surface area contributed by atoms with E-state index in [2.05, 4.69) is 68.5 Å². The van der Waals surface area contributed by atoms with Gasteiger partial charge in [-0.2, -0.15) is 0 Å². The van der Waals surface area contributed by atoms with E-state index >= 15 is 0 Å². The Morgan fingerprint density at radius 3 is 1.12 bits per heavy atom. The molecular formula is C61H95N15O20S4. The molecule has 4 saturated heterocycles. The minimum atomic E-state index is -1.07. The minimum absolute atomic E-state index is 0.0220. The normalized spacial score (nSPS) is 17.7. The Morgan fingerprint density at radius 2 is 0.760 bits per heavy atom. The molecule has 558 valence electrons. The number of carbonyl (C=O) groups is 16. The molecule has 11 N–H and O–H groups in total. The van der Waals surface area contributed by atoms with E-state index in [4.69, 9.17) is 24.5 Å². The number of rotatable bonds is 57. The van der Waals surface area contributed by atoms with Gasteiger partial charge in [0.1, 0.15) is 12.1 Å².